The van der Waals surface area contributed by atoms with Gasteiger partial charge in [0, 0.05) is 28.4 Å². The topological polar surface area (TPSA) is 15.3 Å². The van der Waals surface area contributed by atoms with Gasteiger partial charge >= 0.3 is 0 Å². The molecule has 94 valence electrons. The zero-order valence-corrected chi connectivity index (χ0v) is 12.8. The van der Waals surface area contributed by atoms with E-state index in [4.69, 9.17) is 0 Å². The normalized spacial score (nSPS) is 21.6. The Balaban J connectivity index is 2.10. The van der Waals surface area contributed by atoms with Crippen LogP contribution in [0.3, 0.4) is 0 Å². The molecule has 1 aromatic rings. The van der Waals surface area contributed by atoms with Gasteiger partial charge < -0.3 is 10.2 Å². The van der Waals surface area contributed by atoms with Gasteiger partial charge in [-0.3, -0.25) is 0 Å². The maximum atomic E-state index is 3.65. The summed E-state index contributed by atoms with van der Waals surface area (Å²) >= 11 is 2.36. The lowest BCUT2D eigenvalue weighted by molar-refractivity contribution is 0.420. The van der Waals surface area contributed by atoms with E-state index in [1.807, 2.05) is 0 Å². The van der Waals surface area contributed by atoms with Gasteiger partial charge in [0.25, 0.3) is 0 Å². The average Bonchev–Trinajstić information content (AvgIpc) is 2.55. The fraction of sp³-hybridized carbons (Fsp3) is 0.571. The van der Waals surface area contributed by atoms with Crippen molar-refractivity contribution in [3.63, 3.8) is 0 Å². The molecule has 1 aliphatic heterocycles. The van der Waals surface area contributed by atoms with Gasteiger partial charge in [0.05, 0.1) is 0 Å². The van der Waals surface area contributed by atoms with E-state index < -0.39 is 0 Å². The van der Waals surface area contributed by atoms with Crippen LogP contribution in [0.4, 0.5) is 5.69 Å². The number of nitrogens with zero attached hydrogens (tertiary/aromatic N) is 1. The van der Waals surface area contributed by atoms with Crippen molar-refractivity contribution in [3.8, 4) is 0 Å². The number of benzene rings is 1. The van der Waals surface area contributed by atoms with Crippen LogP contribution >= 0.6 is 22.6 Å². The van der Waals surface area contributed by atoms with E-state index in [0.29, 0.717) is 12.0 Å². The Morgan fingerprint density at radius 2 is 2.00 bits per heavy atom. The fourth-order valence-corrected chi connectivity index (χ4v) is 2.64. The smallest absolute Gasteiger partial charge is 0.0367 e. The third-order valence-corrected chi connectivity index (χ3v) is 4.14. The van der Waals surface area contributed by atoms with Gasteiger partial charge in [-0.1, -0.05) is 13.8 Å². The molecule has 1 atom stereocenters. The minimum Gasteiger partial charge on any atom is -0.370 e. The Morgan fingerprint density at radius 1 is 1.29 bits per heavy atom. The molecule has 1 aromatic carbocycles. The van der Waals surface area contributed by atoms with E-state index in [9.17, 15) is 0 Å². The Morgan fingerprint density at radius 3 is 2.65 bits per heavy atom. The van der Waals surface area contributed by atoms with Gasteiger partial charge in [-0.05, 0) is 65.7 Å². The van der Waals surface area contributed by atoms with Gasteiger partial charge in [0.15, 0.2) is 0 Å². The predicted octanol–water partition coefficient (Wildman–Crippen LogP) is 3.12. The third kappa shape index (κ3) is 3.58. The standard InChI is InChI=1S/C14H21IN2/c1-11(2)14-10-17(9-3-8-16-14)13-6-4-12(15)5-7-13/h4-7,11,14,16H,3,8-10H2,1-2H3. The summed E-state index contributed by atoms with van der Waals surface area (Å²) in [5.41, 5.74) is 1.36. The van der Waals surface area contributed by atoms with Gasteiger partial charge in [0.2, 0.25) is 0 Å². The lowest BCUT2D eigenvalue weighted by Crippen LogP contribution is -2.41. The van der Waals surface area contributed by atoms with Crippen LogP contribution in [0.15, 0.2) is 24.3 Å². The second-order valence-electron chi connectivity index (χ2n) is 5.08. The van der Waals surface area contributed by atoms with E-state index in [-0.39, 0.29) is 0 Å². The van der Waals surface area contributed by atoms with E-state index in [2.05, 4.69) is 70.9 Å². The summed E-state index contributed by atoms with van der Waals surface area (Å²) < 4.78 is 1.31. The molecule has 0 bridgehead atoms. The van der Waals surface area contributed by atoms with Gasteiger partial charge in [-0.15, -0.1) is 0 Å². The summed E-state index contributed by atoms with van der Waals surface area (Å²) in [5.74, 6) is 0.694. The summed E-state index contributed by atoms with van der Waals surface area (Å²) in [7, 11) is 0. The number of rotatable bonds is 2. The summed E-state index contributed by atoms with van der Waals surface area (Å²) in [6.07, 6.45) is 1.23. The number of nitrogens with one attached hydrogen (secondary N) is 1. The number of hydrogen-bond acceptors (Lipinski definition) is 2. The molecule has 1 heterocycles. The summed E-state index contributed by atoms with van der Waals surface area (Å²) in [5, 5.41) is 3.65. The Bertz CT molecular complexity index is 348. The molecule has 1 fully saturated rings. The zero-order valence-electron chi connectivity index (χ0n) is 10.6. The first-order valence-electron chi connectivity index (χ1n) is 6.40. The van der Waals surface area contributed by atoms with E-state index in [1.165, 1.54) is 15.7 Å². The van der Waals surface area contributed by atoms with Crippen molar-refractivity contribution in [1.29, 1.82) is 0 Å². The molecule has 0 spiro atoms. The molecule has 3 heteroatoms. The quantitative estimate of drug-likeness (QED) is 0.830. The molecule has 0 amide bonds. The molecule has 0 saturated carbocycles. The molecule has 0 aromatic heterocycles. The molecule has 0 radical (unpaired) electrons. The highest BCUT2D eigenvalue weighted by Crippen LogP contribution is 2.19. The molecule has 2 nitrogen and oxygen atoms in total. The fourth-order valence-electron chi connectivity index (χ4n) is 2.28. The number of halogens is 1. The predicted molar refractivity (Wildman–Crippen MR) is 82.6 cm³/mol. The number of anilines is 1. The van der Waals surface area contributed by atoms with Gasteiger partial charge in [-0.2, -0.15) is 0 Å². The van der Waals surface area contributed by atoms with Crippen molar-refractivity contribution in [2.75, 3.05) is 24.5 Å². The Hall–Kier alpha value is -0.290. The largest absolute Gasteiger partial charge is 0.370 e. The Labute approximate surface area is 118 Å². The van der Waals surface area contributed by atoms with Crippen molar-refractivity contribution in [1.82, 2.24) is 5.32 Å². The van der Waals surface area contributed by atoms with Crippen molar-refractivity contribution in [2.45, 2.75) is 26.3 Å². The van der Waals surface area contributed by atoms with Crippen LogP contribution in [0, 0.1) is 9.49 Å². The third-order valence-electron chi connectivity index (χ3n) is 3.42. The molecule has 1 saturated heterocycles. The molecule has 1 unspecified atom stereocenters. The maximum absolute atomic E-state index is 3.65. The van der Waals surface area contributed by atoms with E-state index >= 15 is 0 Å². The van der Waals surface area contributed by atoms with Gasteiger partial charge in [-0.25, -0.2) is 0 Å². The lowest BCUT2D eigenvalue weighted by Gasteiger charge is -2.28. The minimum atomic E-state index is 0.608. The van der Waals surface area contributed by atoms with Crippen LogP contribution in [0.1, 0.15) is 20.3 Å². The maximum Gasteiger partial charge on any atom is 0.0367 e. The molecule has 1 aliphatic rings. The minimum absolute atomic E-state index is 0.608. The van der Waals surface area contributed by atoms with Crippen LogP contribution in [-0.2, 0) is 0 Å². The van der Waals surface area contributed by atoms with Crippen LogP contribution < -0.4 is 10.2 Å². The first kappa shape index (κ1) is 13.1. The average molecular weight is 344 g/mol. The van der Waals surface area contributed by atoms with Crippen LogP contribution in [0.25, 0.3) is 0 Å². The summed E-state index contributed by atoms with van der Waals surface area (Å²) in [6.45, 7) is 8.03. The SMILES string of the molecule is CC(C)C1CN(c2ccc(I)cc2)CCCN1. The summed E-state index contributed by atoms with van der Waals surface area (Å²) in [6, 6.07) is 9.48. The van der Waals surface area contributed by atoms with Crippen molar-refractivity contribution < 1.29 is 0 Å². The van der Waals surface area contributed by atoms with E-state index in [1.54, 1.807) is 0 Å². The molecule has 2 rings (SSSR count). The second-order valence-corrected chi connectivity index (χ2v) is 6.33. The summed E-state index contributed by atoms with van der Waals surface area (Å²) in [4.78, 5) is 2.51. The molecular formula is C14H21IN2. The molecule has 0 aliphatic carbocycles. The Kier molecular flexibility index (Phi) is 4.68. The highest BCUT2D eigenvalue weighted by atomic mass is 127. The van der Waals surface area contributed by atoms with Gasteiger partial charge in [0.1, 0.15) is 0 Å². The lowest BCUT2D eigenvalue weighted by atomic mass is 10.0. The van der Waals surface area contributed by atoms with Crippen LogP contribution in [0.5, 0.6) is 0 Å². The zero-order chi connectivity index (χ0) is 12.3. The first-order valence-corrected chi connectivity index (χ1v) is 7.48. The molecular weight excluding hydrogens is 323 g/mol. The molecule has 17 heavy (non-hydrogen) atoms. The van der Waals surface area contributed by atoms with Crippen molar-refractivity contribution >= 4 is 28.3 Å². The highest BCUT2D eigenvalue weighted by Gasteiger charge is 2.20. The van der Waals surface area contributed by atoms with Crippen molar-refractivity contribution in [2.24, 2.45) is 5.92 Å². The highest BCUT2D eigenvalue weighted by molar-refractivity contribution is 14.1. The number of hydrogen-bond donors (Lipinski definition) is 1. The van der Waals surface area contributed by atoms with Crippen LogP contribution in [-0.4, -0.2) is 25.7 Å². The molecule has 1 N–H and O–H groups in total. The first-order chi connectivity index (χ1) is 8.16. The van der Waals surface area contributed by atoms with E-state index in [0.717, 1.165) is 19.6 Å². The van der Waals surface area contributed by atoms with Crippen molar-refractivity contribution in [3.05, 3.63) is 27.8 Å². The monoisotopic (exact) mass is 344 g/mol. The second kappa shape index (κ2) is 6.05. The van der Waals surface area contributed by atoms with Crippen LogP contribution in [0.2, 0.25) is 0 Å².